The number of methoxy groups -OCH3 is 2. The first-order valence-electron chi connectivity index (χ1n) is 9.76. The molecule has 156 valence electrons. The molecule has 0 saturated heterocycles. The summed E-state index contributed by atoms with van der Waals surface area (Å²) in [6.07, 6.45) is 1.78. The Morgan fingerprint density at radius 2 is 1.58 bits per heavy atom. The highest BCUT2D eigenvalue weighted by Gasteiger charge is 2.26. The molecule has 0 aliphatic rings. The van der Waals surface area contributed by atoms with Gasteiger partial charge in [-0.15, -0.1) is 0 Å². The summed E-state index contributed by atoms with van der Waals surface area (Å²) in [7, 11) is 2.80. The van der Waals surface area contributed by atoms with Gasteiger partial charge in [-0.05, 0) is 18.2 Å². The molecule has 0 bridgehead atoms. The van der Waals surface area contributed by atoms with E-state index in [1.807, 2.05) is 48.5 Å². The molecule has 0 fully saturated rings. The maximum absolute atomic E-state index is 13.5. The molecule has 1 amide bonds. The molecule has 0 aliphatic heterocycles. The molecule has 1 N–H and O–H groups in total. The van der Waals surface area contributed by atoms with E-state index in [2.05, 4.69) is 15.3 Å². The lowest BCUT2D eigenvalue weighted by atomic mass is 10.0. The summed E-state index contributed by atoms with van der Waals surface area (Å²) >= 11 is 0. The molecular formula is C24H21N3O4. The third-order valence-corrected chi connectivity index (χ3v) is 5.07. The van der Waals surface area contributed by atoms with Gasteiger partial charge in [0.15, 0.2) is 0 Å². The van der Waals surface area contributed by atoms with E-state index in [-0.39, 0.29) is 12.3 Å². The second-order valence-electron chi connectivity index (χ2n) is 6.95. The van der Waals surface area contributed by atoms with Gasteiger partial charge in [-0.25, -0.2) is 14.8 Å². The Hall–Kier alpha value is -4.00. The van der Waals surface area contributed by atoms with Crippen LogP contribution in [-0.2, 0) is 16.0 Å². The summed E-state index contributed by atoms with van der Waals surface area (Å²) in [4.78, 5) is 34.8. The lowest BCUT2D eigenvalue weighted by molar-refractivity contribution is -0.142. The Morgan fingerprint density at radius 1 is 0.935 bits per heavy atom. The fraction of sp³-hybridized carbons (Fsp3) is 0.167. The van der Waals surface area contributed by atoms with Crippen LogP contribution in [0.2, 0.25) is 0 Å². The van der Waals surface area contributed by atoms with Gasteiger partial charge in [0.25, 0.3) is 5.91 Å². The van der Waals surface area contributed by atoms with Crippen LogP contribution in [0.1, 0.15) is 15.9 Å². The fourth-order valence-electron chi connectivity index (χ4n) is 3.63. The van der Waals surface area contributed by atoms with Crippen molar-refractivity contribution < 1.29 is 19.1 Å². The number of esters is 1. The zero-order valence-corrected chi connectivity index (χ0v) is 17.2. The fourth-order valence-corrected chi connectivity index (χ4v) is 3.63. The van der Waals surface area contributed by atoms with Gasteiger partial charge in [-0.3, -0.25) is 4.79 Å². The van der Waals surface area contributed by atoms with E-state index in [1.54, 1.807) is 18.3 Å². The number of benzene rings is 2. The summed E-state index contributed by atoms with van der Waals surface area (Å²) < 4.78 is 10.2. The Kier molecular flexibility index (Phi) is 5.75. The van der Waals surface area contributed by atoms with Crippen molar-refractivity contribution in [3.05, 3.63) is 78.0 Å². The summed E-state index contributed by atoms with van der Waals surface area (Å²) in [5.74, 6) is -0.541. The molecule has 1 atom stereocenters. The number of nitrogens with zero attached hydrogens (tertiary/aromatic N) is 2. The predicted molar refractivity (Wildman–Crippen MR) is 117 cm³/mol. The summed E-state index contributed by atoms with van der Waals surface area (Å²) in [5, 5.41) is 4.26. The van der Waals surface area contributed by atoms with Crippen LogP contribution in [0.5, 0.6) is 5.88 Å². The Balaban J connectivity index is 1.75. The average Bonchev–Trinajstić information content (AvgIpc) is 2.81. The van der Waals surface area contributed by atoms with E-state index < -0.39 is 12.0 Å². The summed E-state index contributed by atoms with van der Waals surface area (Å²) in [6, 6.07) is 17.5. The highest BCUT2D eigenvalue weighted by atomic mass is 16.5. The van der Waals surface area contributed by atoms with E-state index >= 15 is 0 Å². The van der Waals surface area contributed by atoms with Gasteiger partial charge >= 0.3 is 5.97 Å². The summed E-state index contributed by atoms with van der Waals surface area (Å²) in [5.41, 5.74) is 2.56. The second kappa shape index (κ2) is 8.79. The monoisotopic (exact) mass is 415 g/mol. The Bertz CT molecular complexity index is 1220. The van der Waals surface area contributed by atoms with Crippen LogP contribution in [0.25, 0.3) is 21.8 Å². The van der Waals surface area contributed by atoms with Gasteiger partial charge in [-0.1, -0.05) is 42.5 Å². The van der Waals surface area contributed by atoms with Gasteiger partial charge in [0.1, 0.15) is 6.04 Å². The Morgan fingerprint density at radius 3 is 2.19 bits per heavy atom. The van der Waals surface area contributed by atoms with E-state index in [9.17, 15) is 9.59 Å². The van der Waals surface area contributed by atoms with Crippen molar-refractivity contribution in [1.82, 2.24) is 15.3 Å². The third-order valence-electron chi connectivity index (χ3n) is 5.07. The van der Waals surface area contributed by atoms with Gasteiger partial charge in [0.05, 0.1) is 30.8 Å². The maximum Gasteiger partial charge on any atom is 0.328 e. The molecule has 0 saturated carbocycles. The van der Waals surface area contributed by atoms with E-state index in [0.29, 0.717) is 38.8 Å². The number of nitrogens with one attached hydrogen (secondary N) is 1. The molecule has 7 heteroatoms. The van der Waals surface area contributed by atoms with Crippen LogP contribution in [0.15, 0.2) is 66.9 Å². The van der Waals surface area contributed by atoms with Crippen LogP contribution in [0.4, 0.5) is 0 Å². The number of hydrogen-bond donors (Lipinski definition) is 1. The molecular weight excluding hydrogens is 394 g/mol. The van der Waals surface area contributed by atoms with Crippen molar-refractivity contribution in [2.45, 2.75) is 12.5 Å². The molecule has 0 unspecified atom stereocenters. The number of hydrogen-bond acceptors (Lipinski definition) is 6. The first-order valence-corrected chi connectivity index (χ1v) is 9.76. The molecule has 0 aliphatic carbocycles. The standard InChI is InChI=1S/C24H21N3O4/c1-30-23-15(8-7-13-25-23)14-20(24(29)31-2)27-22(28)21-16-9-3-5-11-18(16)26-19-12-6-4-10-17(19)21/h3-13,20H,14H2,1-2H3,(H,27,28)/t20-/m0/s1. The molecule has 7 nitrogen and oxygen atoms in total. The van der Waals surface area contributed by atoms with Crippen LogP contribution < -0.4 is 10.1 Å². The number of carbonyl (C=O) groups excluding carboxylic acids is 2. The van der Waals surface area contributed by atoms with Gasteiger partial charge in [0, 0.05) is 29.0 Å². The van der Waals surface area contributed by atoms with Crippen molar-refractivity contribution >= 4 is 33.7 Å². The number of ether oxygens (including phenoxy) is 2. The number of carbonyl (C=O) groups is 2. The van der Waals surface area contributed by atoms with Crippen LogP contribution >= 0.6 is 0 Å². The molecule has 0 radical (unpaired) electrons. The molecule has 2 heterocycles. The third kappa shape index (κ3) is 4.02. The summed E-state index contributed by atoms with van der Waals surface area (Å²) in [6.45, 7) is 0. The minimum atomic E-state index is -0.915. The molecule has 31 heavy (non-hydrogen) atoms. The second-order valence-corrected chi connectivity index (χ2v) is 6.95. The maximum atomic E-state index is 13.5. The Labute approximate surface area is 179 Å². The van der Waals surface area contributed by atoms with Crippen LogP contribution in [0, 0.1) is 0 Å². The SMILES string of the molecule is COC(=O)[C@H](Cc1cccnc1OC)NC(=O)c1c2ccccc2nc2ccccc12. The van der Waals surface area contributed by atoms with Crippen molar-refractivity contribution in [2.24, 2.45) is 0 Å². The smallest absolute Gasteiger partial charge is 0.328 e. The molecule has 2 aromatic carbocycles. The van der Waals surface area contributed by atoms with Gasteiger partial charge in [-0.2, -0.15) is 0 Å². The first kappa shape index (κ1) is 20.3. The number of pyridine rings is 2. The van der Waals surface area contributed by atoms with Gasteiger partial charge in [0.2, 0.25) is 5.88 Å². The first-order chi connectivity index (χ1) is 15.1. The quantitative estimate of drug-likeness (QED) is 0.384. The zero-order chi connectivity index (χ0) is 21.8. The number of para-hydroxylation sites is 2. The molecule has 4 rings (SSSR count). The van der Waals surface area contributed by atoms with Crippen LogP contribution in [0.3, 0.4) is 0 Å². The van der Waals surface area contributed by atoms with Crippen molar-refractivity contribution in [3.8, 4) is 5.88 Å². The van der Waals surface area contributed by atoms with Gasteiger partial charge < -0.3 is 14.8 Å². The minimum Gasteiger partial charge on any atom is -0.481 e. The van der Waals surface area contributed by atoms with Crippen molar-refractivity contribution in [2.75, 3.05) is 14.2 Å². The highest BCUT2D eigenvalue weighted by Crippen LogP contribution is 2.26. The number of rotatable bonds is 6. The highest BCUT2D eigenvalue weighted by molar-refractivity contribution is 6.16. The van der Waals surface area contributed by atoms with Crippen LogP contribution in [-0.4, -0.2) is 42.1 Å². The number of amides is 1. The largest absolute Gasteiger partial charge is 0.481 e. The number of aromatic nitrogens is 2. The minimum absolute atomic E-state index is 0.177. The van der Waals surface area contributed by atoms with E-state index in [1.165, 1.54) is 14.2 Å². The van der Waals surface area contributed by atoms with Crippen molar-refractivity contribution in [1.29, 1.82) is 0 Å². The molecule has 2 aromatic heterocycles. The predicted octanol–water partition coefficient (Wildman–Crippen LogP) is 3.31. The lowest BCUT2D eigenvalue weighted by Crippen LogP contribution is -2.43. The topological polar surface area (TPSA) is 90.4 Å². The van der Waals surface area contributed by atoms with Crippen molar-refractivity contribution in [3.63, 3.8) is 0 Å². The van der Waals surface area contributed by atoms with E-state index in [0.717, 1.165) is 0 Å². The lowest BCUT2D eigenvalue weighted by Gasteiger charge is -2.19. The average molecular weight is 415 g/mol. The molecule has 0 spiro atoms. The van der Waals surface area contributed by atoms with E-state index in [4.69, 9.17) is 9.47 Å². The number of fused-ring (bicyclic) bond motifs is 2. The zero-order valence-electron chi connectivity index (χ0n) is 17.2. The normalized spacial score (nSPS) is 11.8. The molecule has 4 aromatic rings.